The molecule has 7 heteroatoms. The number of nitrogens with two attached hydrogens (primary N) is 1. The van der Waals surface area contributed by atoms with Gasteiger partial charge in [0.1, 0.15) is 10.6 Å². The Balaban J connectivity index is 2.44. The third-order valence-corrected chi connectivity index (χ3v) is 4.92. The number of halogens is 1. The molecule has 112 valence electrons. The first-order valence-electron chi connectivity index (χ1n) is 6.07. The van der Waals surface area contributed by atoms with E-state index in [1.807, 2.05) is 0 Å². The van der Waals surface area contributed by atoms with Crippen LogP contribution in [0.2, 0.25) is 5.02 Å². The minimum absolute atomic E-state index is 0.00651. The molecule has 0 aliphatic rings. The highest BCUT2D eigenvalue weighted by atomic mass is 35.5. The number of anilines is 1. The molecule has 0 fully saturated rings. The van der Waals surface area contributed by atoms with Gasteiger partial charge in [-0.1, -0.05) is 23.7 Å². The summed E-state index contributed by atoms with van der Waals surface area (Å²) >= 11 is 5.88. The quantitative estimate of drug-likeness (QED) is 0.877. The van der Waals surface area contributed by atoms with E-state index in [0.29, 0.717) is 10.8 Å². The third kappa shape index (κ3) is 3.29. The maximum atomic E-state index is 12.2. The minimum atomic E-state index is -3.63. The number of hydrogen-bond donors (Lipinski definition) is 1. The zero-order valence-corrected chi connectivity index (χ0v) is 13.1. The average Bonchev–Trinajstić information content (AvgIpc) is 2.41. The van der Waals surface area contributed by atoms with E-state index < -0.39 is 10.0 Å². The SMILES string of the molecule is CN(C)S(=O)(=O)c1cccc(Oc2cccc(Cl)c2)c1N. The van der Waals surface area contributed by atoms with E-state index in [4.69, 9.17) is 22.1 Å². The highest BCUT2D eigenvalue weighted by Crippen LogP contribution is 2.33. The summed E-state index contributed by atoms with van der Waals surface area (Å²) in [5.74, 6) is 0.744. The molecule has 0 aromatic heterocycles. The molecule has 2 N–H and O–H groups in total. The number of benzene rings is 2. The van der Waals surface area contributed by atoms with E-state index in [1.165, 1.54) is 20.2 Å². The van der Waals surface area contributed by atoms with Crippen molar-refractivity contribution in [2.75, 3.05) is 19.8 Å². The summed E-state index contributed by atoms with van der Waals surface area (Å²) in [6.07, 6.45) is 0. The van der Waals surface area contributed by atoms with Crippen molar-refractivity contribution in [3.8, 4) is 11.5 Å². The van der Waals surface area contributed by atoms with Crippen molar-refractivity contribution >= 4 is 27.3 Å². The lowest BCUT2D eigenvalue weighted by molar-refractivity contribution is 0.482. The molecule has 2 aromatic rings. The standard InChI is InChI=1S/C14H15ClN2O3S/c1-17(2)21(18,19)13-8-4-7-12(14(13)16)20-11-6-3-5-10(15)9-11/h3-9H,16H2,1-2H3. The fourth-order valence-corrected chi connectivity index (χ4v) is 2.89. The van der Waals surface area contributed by atoms with Gasteiger partial charge in [-0.25, -0.2) is 12.7 Å². The van der Waals surface area contributed by atoms with Gasteiger partial charge in [-0.15, -0.1) is 0 Å². The molecule has 5 nitrogen and oxygen atoms in total. The van der Waals surface area contributed by atoms with Gasteiger partial charge in [-0.05, 0) is 30.3 Å². The second-order valence-electron chi connectivity index (χ2n) is 4.51. The van der Waals surface area contributed by atoms with Crippen molar-refractivity contribution in [3.63, 3.8) is 0 Å². The number of para-hydroxylation sites is 1. The van der Waals surface area contributed by atoms with Gasteiger partial charge in [-0.3, -0.25) is 0 Å². The molecule has 0 unspecified atom stereocenters. The molecule has 0 amide bonds. The molecule has 2 rings (SSSR count). The van der Waals surface area contributed by atoms with Gasteiger partial charge in [-0.2, -0.15) is 0 Å². The van der Waals surface area contributed by atoms with Crippen LogP contribution in [0.4, 0.5) is 5.69 Å². The smallest absolute Gasteiger partial charge is 0.244 e. The molecular weight excluding hydrogens is 312 g/mol. The predicted molar refractivity (Wildman–Crippen MR) is 83.3 cm³/mol. The Labute approximate surface area is 128 Å². The maximum absolute atomic E-state index is 12.2. The molecule has 0 saturated carbocycles. The lowest BCUT2D eigenvalue weighted by Gasteiger charge is -2.15. The van der Waals surface area contributed by atoms with Gasteiger partial charge in [0, 0.05) is 19.1 Å². The number of rotatable bonds is 4. The van der Waals surface area contributed by atoms with Crippen molar-refractivity contribution in [2.24, 2.45) is 0 Å². The van der Waals surface area contributed by atoms with E-state index in [2.05, 4.69) is 0 Å². The molecule has 0 aliphatic heterocycles. The Morgan fingerprint density at radius 1 is 1.14 bits per heavy atom. The largest absolute Gasteiger partial charge is 0.455 e. The number of sulfonamides is 1. The number of ether oxygens (including phenoxy) is 1. The molecule has 21 heavy (non-hydrogen) atoms. The maximum Gasteiger partial charge on any atom is 0.244 e. The molecule has 0 atom stereocenters. The van der Waals surface area contributed by atoms with Crippen LogP contribution in [0.5, 0.6) is 11.5 Å². The van der Waals surface area contributed by atoms with Gasteiger partial charge in [0.05, 0.1) is 5.69 Å². The van der Waals surface area contributed by atoms with E-state index in [1.54, 1.807) is 36.4 Å². The Morgan fingerprint density at radius 3 is 2.43 bits per heavy atom. The van der Waals surface area contributed by atoms with E-state index in [-0.39, 0.29) is 16.3 Å². The van der Waals surface area contributed by atoms with Crippen LogP contribution in [0.15, 0.2) is 47.4 Å². The summed E-state index contributed by atoms with van der Waals surface area (Å²) in [5, 5.41) is 0.517. The Kier molecular flexibility index (Phi) is 4.41. The van der Waals surface area contributed by atoms with E-state index in [0.717, 1.165) is 4.31 Å². The van der Waals surface area contributed by atoms with E-state index in [9.17, 15) is 8.42 Å². The Bertz CT molecular complexity index is 761. The minimum Gasteiger partial charge on any atom is -0.455 e. The molecular formula is C14H15ClN2O3S. The van der Waals surface area contributed by atoms with Crippen molar-refractivity contribution < 1.29 is 13.2 Å². The summed E-state index contributed by atoms with van der Waals surface area (Å²) in [5.41, 5.74) is 5.99. The molecule has 0 heterocycles. The van der Waals surface area contributed by atoms with Crippen LogP contribution in [0, 0.1) is 0 Å². The molecule has 0 spiro atoms. The van der Waals surface area contributed by atoms with Gasteiger partial charge in [0.15, 0.2) is 5.75 Å². The molecule has 0 saturated heterocycles. The van der Waals surface area contributed by atoms with Crippen LogP contribution in [-0.2, 0) is 10.0 Å². The van der Waals surface area contributed by atoms with Gasteiger partial charge < -0.3 is 10.5 Å². The normalized spacial score (nSPS) is 11.6. The van der Waals surface area contributed by atoms with Crippen LogP contribution in [0.3, 0.4) is 0 Å². The van der Waals surface area contributed by atoms with Gasteiger partial charge >= 0.3 is 0 Å². The molecule has 0 radical (unpaired) electrons. The summed E-state index contributed by atoms with van der Waals surface area (Å²) in [6, 6.07) is 11.4. The fourth-order valence-electron chi connectivity index (χ4n) is 1.69. The summed E-state index contributed by atoms with van der Waals surface area (Å²) in [4.78, 5) is 0.00651. The monoisotopic (exact) mass is 326 g/mol. The molecule has 2 aromatic carbocycles. The first kappa shape index (κ1) is 15.6. The first-order valence-corrected chi connectivity index (χ1v) is 7.88. The Morgan fingerprint density at radius 2 is 1.81 bits per heavy atom. The topological polar surface area (TPSA) is 72.6 Å². The van der Waals surface area contributed by atoms with Crippen molar-refractivity contribution in [2.45, 2.75) is 4.90 Å². The van der Waals surface area contributed by atoms with Crippen molar-refractivity contribution in [3.05, 3.63) is 47.5 Å². The average molecular weight is 327 g/mol. The Hall–Kier alpha value is -1.76. The van der Waals surface area contributed by atoms with Gasteiger partial charge in [0.2, 0.25) is 10.0 Å². The van der Waals surface area contributed by atoms with Crippen LogP contribution in [0.1, 0.15) is 0 Å². The van der Waals surface area contributed by atoms with Gasteiger partial charge in [0.25, 0.3) is 0 Å². The second-order valence-corrected chi connectivity index (χ2v) is 7.07. The zero-order chi connectivity index (χ0) is 15.6. The van der Waals surface area contributed by atoms with Crippen molar-refractivity contribution in [1.82, 2.24) is 4.31 Å². The van der Waals surface area contributed by atoms with Crippen LogP contribution in [-0.4, -0.2) is 26.8 Å². The van der Waals surface area contributed by atoms with E-state index >= 15 is 0 Å². The zero-order valence-electron chi connectivity index (χ0n) is 11.6. The lowest BCUT2D eigenvalue weighted by Crippen LogP contribution is -2.23. The van der Waals surface area contributed by atoms with Crippen LogP contribution in [0.25, 0.3) is 0 Å². The van der Waals surface area contributed by atoms with Crippen LogP contribution >= 0.6 is 11.6 Å². The summed E-state index contributed by atoms with van der Waals surface area (Å²) in [6.45, 7) is 0. The highest BCUT2D eigenvalue weighted by molar-refractivity contribution is 7.89. The first-order chi connectivity index (χ1) is 9.82. The third-order valence-electron chi connectivity index (χ3n) is 2.81. The van der Waals surface area contributed by atoms with Crippen molar-refractivity contribution in [1.29, 1.82) is 0 Å². The summed E-state index contributed by atoms with van der Waals surface area (Å²) in [7, 11) is -0.741. The summed E-state index contributed by atoms with van der Waals surface area (Å²) < 4.78 is 31.1. The number of nitrogen functional groups attached to an aromatic ring is 1. The predicted octanol–water partition coefficient (Wildman–Crippen LogP) is 2.96. The number of hydrogen-bond acceptors (Lipinski definition) is 4. The second kappa shape index (κ2) is 5.93. The lowest BCUT2D eigenvalue weighted by atomic mass is 10.3. The molecule has 0 aliphatic carbocycles. The number of nitrogens with zero attached hydrogens (tertiary/aromatic N) is 1. The van der Waals surface area contributed by atoms with Crippen LogP contribution < -0.4 is 10.5 Å². The fraction of sp³-hybridized carbons (Fsp3) is 0.143. The highest BCUT2D eigenvalue weighted by Gasteiger charge is 2.22. The molecule has 0 bridgehead atoms.